The van der Waals surface area contributed by atoms with Gasteiger partial charge in [-0.2, -0.15) is 0 Å². The van der Waals surface area contributed by atoms with E-state index in [2.05, 4.69) is 65.9 Å². The quantitative estimate of drug-likeness (QED) is 0.414. The molecule has 2 heterocycles. The number of rotatable bonds is 2. The van der Waals surface area contributed by atoms with Crippen LogP contribution in [0.3, 0.4) is 0 Å². The van der Waals surface area contributed by atoms with Gasteiger partial charge in [-0.3, -0.25) is 0 Å². The van der Waals surface area contributed by atoms with Crippen molar-refractivity contribution in [3.63, 3.8) is 0 Å². The Hall–Kier alpha value is -1.90. The fraction of sp³-hybridized carbons (Fsp3) is 0. The summed E-state index contributed by atoms with van der Waals surface area (Å²) in [7, 11) is 0. The molecule has 0 saturated heterocycles. The standard InChI is InChI=1S/C18H12S2/c1-12(15-10-19-17-8-4-2-6-13(15)17)16-11-20-18-9-5-3-7-14(16)18/h2-11H,1H2. The molecule has 96 valence electrons. The summed E-state index contributed by atoms with van der Waals surface area (Å²) >= 11 is 3.58. The normalized spacial score (nSPS) is 11.2. The minimum Gasteiger partial charge on any atom is -0.143 e. The summed E-state index contributed by atoms with van der Waals surface area (Å²) in [6, 6.07) is 17.1. The van der Waals surface area contributed by atoms with E-state index in [1.807, 2.05) is 0 Å². The number of benzene rings is 2. The Morgan fingerprint density at radius 2 is 1.15 bits per heavy atom. The summed E-state index contributed by atoms with van der Waals surface area (Å²) in [6.07, 6.45) is 0. The minimum atomic E-state index is 1.12. The molecule has 0 fully saturated rings. The molecule has 0 saturated carbocycles. The first kappa shape index (κ1) is 11.9. The molecule has 0 aliphatic heterocycles. The summed E-state index contributed by atoms with van der Waals surface area (Å²) in [5, 5.41) is 7.05. The van der Waals surface area contributed by atoms with Gasteiger partial charge in [0.25, 0.3) is 0 Å². The highest BCUT2D eigenvalue weighted by molar-refractivity contribution is 7.18. The molecule has 0 radical (unpaired) electrons. The van der Waals surface area contributed by atoms with Crippen molar-refractivity contribution in [3.8, 4) is 0 Å². The highest BCUT2D eigenvalue weighted by atomic mass is 32.1. The van der Waals surface area contributed by atoms with Crippen LogP contribution < -0.4 is 0 Å². The lowest BCUT2D eigenvalue weighted by Crippen LogP contribution is -1.82. The lowest BCUT2D eigenvalue weighted by atomic mass is 9.99. The summed E-state index contributed by atoms with van der Waals surface area (Å²) in [5.74, 6) is 0. The summed E-state index contributed by atoms with van der Waals surface area (Å²) in [6.45, 7) is 4.35. The molecule has 0 atom stereocenters. The van der Waals surface area contributed by atoms with Gasteiger partial charge >= 0.3 is 0 Å². The summed E-state index contributed by atoms with van der Waals surface area (Å²) in [4.78, 5) is 0. The van der Waals surface area contributed by atoms with E-state index in [9.17, 15) is 0 Å². The fourth-order valence-electron chi connectivity index (χ4n) is 2.57. The zero-order valence-corrected chi connectivity index (χ0v) is 12.4. The van der Waals surface area contributed by atoms with Crippen molar-refractivity contribution in [1.29, 1.82) is 0 Å². The fourth-order valence-corrected chi connectivity index (χ4v) is 4.52. The molecular weight excluding hydrogens is 280 g/mol. The predicted molar refractivity (Wildman–Crippen MR) is 91.8 cm³/mol. The van der Waals surface area contributed by atoms with E-state index in [4.69, 9.17) is 0 Å². The molecule has 0 N–H and O–H groups in total. The van der Waals surface area contributed by atoms with Crippen LogP contribution in [0.4, 0.5) is 0 Å². The molecule has 2 heteroatoms. The van der Waals surface area contributed by atoms with Gasteiger partial charge in [-0.25, -0.2) is 0 Å². The number of thiophene rings is 2. The van der Waals surface area contributed by atoms with Crippen molar-refractivity contribution in [1.82, 2.24) is 0 Å². The minimum absolute atomic E-state index is 1.12. The Balaban J connectivity index is 1.92. The summed E-state index contributed by atoms with van der Waals surface area (Å²) in [5.41, 5.74) is 3.64. The van der Waals surface area contributed by atoms with Crippen LogP contribution in [-0.2, 0) is 0 Å². The van der Waals surface area contributed by atoms with Crippen LogP contribution >= 0.6 is 22.7 Å². The van der Waals surface area contributed by atoms with Gasteiger partial charge in [0.15, 0.2) is 0 Å². The first-order valence-electron chi connectivity index (χ1n) is 6.47. The highest BCUT2D eigenvalue weighted by Crippen LogP contribution is 2.37. The van der Waals surface area contributed by atoms with Crippen LogP contribution in [0, 0.1) is 0 Å². The second kappa shape index (κ2) is 4.58. The number of hydrogen-bond donors (Lipinski definition) is 0. The maximum absolute atomic E-state index is 4.35. The van der Waals surface area contributed by atoms with E-state index in [1.54, 1.807) is 22.7 Å². The van der Waals surface area contributed by atoms with Gasteiger partial charge in [-0.15, -0.1) is 22.7 Å². The number of hydrogen-bond acceptors (Lipinski definition) is 2. The monoisotopic (exact) mass is 292 g/mol. The molecule has 0 aliphatic rings. The Morgan fingerprint density at radius 3 is 1.65 bits per heavy atom. The average Bonchev–Trinajstić information content (AvgIpc) is 3.11. The second-order valence-electron chi connectivity index (χ2n) is 4.77. The zero-order chi connectivity index (χ0) is 13.5. The Morgan fingerprint density at radius 1 is 0.700 bits per heavy atom. The van der Waals surface area contributed by atoms with Crippen LogP contribution in [0.2, 0.25) is 0 Å². The molecule has 0 aliphatic carbocycles. The Kier molecular flexibility index (Phi) is 2.72. The van der Waals surface area contributed by atoms with E-state index in [0.29, 0.717) is 0 Å². The SMILES string of the molecule is C=C(c1csc2ccccc12)c1csc2ccccc12. The van der Waals surface area contributed by atoms with Crippen molar-refractivity contribution in [2.45, 2.75) is 0 Å². The molecule has 4 rings (SSSR count). The molecule has 2 aromatic carbocycles. The maximum atomic E-state index is 4.35. The Bertz CT molecular complexity index is 849. The van der Waals surface area contributed by atoms with Crippen LogP contribution in [0.25, 0.3) is 25.7 Å². The molecule has 0 spiro atoms. The van der Waals surface area contributed by atoms with E-state index in [1.165, 1.54) is 31.3 Å². The molecule has 2 aromatic heterocycles. The Labute approximate surface area is 125 Å². The van der Waals surface area contributed by atoms with Crippen molar-refractivity contribution in [2.75, 3.05) is 0 Å². The first-order chi connectivity index (χ1) is 9.84. The third-order valence-corrected chi connectivity index (χ3v) is 5.54. The van der Waals surface area contributed by atoms with Crippen molar-refractivity contribution in [2.24, 2.45) is 0 Å². The van der Waals surface area contributed by atoms with Gasteiger partial charge in [-0.1, -0.05) is 43.0 Å². The molecular formula is C18H12S2. The molecule has 20 heavy (non-hydrogen) atoms. The lowest BCUT2D eigenvalue weighted by molar-refractivity contribution is 1.74. The lowest BCUT2D eigenvalue weighted by Gasteiger charge is -2.04. The van der Waals surface area contributed by atoms with Gasteiger partial charge in [0.1, 0.15) is 0 Å². The second-order valence-corrected chi connectivity index (χ2v) is 6.59. The van der Waals surface area contributed by atoms with E-state index in [-0.39, 0.29) is 0 Å². The molecule has 0 amide bonds. The van der Waals surface area contributed by atoms with Crippen molar-refractivity contribution >= 4 is 48.4 Å². The average molecular weight is 292 g/mol. The molecule has 0 unspecified atom stereocenters. The van der Waals surface area contributed by atoms with Gasteiger partial charge in [-0.05, 0) is 28.5 Å². The van der Waals surface area contributed by atoms with Crippen molar-refractivity contribution < 1.29 is 0 Å². The summed E-state index contributed by atoms with van der Waals surface area (Å²) < 4.78 is 2.64. The first-order valence-corrected chi connectivity index (χ1v) is 8.22. The topological polar surface area (TPSA) is 0 Å². The van der Waals surface area contributed by atoms with E-state index >= 15 is 0 Å². The molecule has 0 nitrogen and oxygen atoms in total. The van der Waals surface area contributed by atoms with E-state index < -0.39 is 0 Å². The highest BCUT2D eigenvalue weighted by Gasteiger charge is 2.12. The van der Waals surface area contributed by atoms with E-state index in [0.717, 1.165) is 5.57 Å². The third kappa shape index (κ3) is 1.73. The van der Waals surface area contributed by atoms with Crippen LogP contribution in [-0.4, -0.2) is 0 Å². The third-order valence-electron chi connectivity index (χ3n) is 3.61. The largest absolute Gasteiger partial charge is 0.143 e. The van der Waals surface area contributed by atoms with Gasteiger partial charge in [0.2, 0.25) is 0 Å². The molecule has 0 bridgehead atoms. The number of fused-ring (bicyclic) bond motifs is 2. The molecule has 4 aromatic rings. The van der Waals surface area contributed by atoms with Crippen LogP contribution in [0.1, 0.15) is 11.1 Å². The predicted octanol–water partition coefficient (Wildman–Crippen LogP) is 6.18. The van der Waals surface area contributed by atoms with Gasteiger partial charge in [0, 0.05) is 31.3 Å². The van der Waals surface area contributed by atoms with Gasteiger partial charge in [0.05, 0.1) is 0 Å². The zero-order valence-electron chi connectivity index (χ0n) is 10.8. The van der Waals surface area contributed by atoms with Crippen LogP contribution in [0.5, 0.6) is 0 Å². The van der Waals surface area contributed by atoms with Crippen LogP contribution in [0.15, 0.2) is 65.9 Å². The smallest absolute Gasteiger partial charge is 0.0349 e. The maximum Gasteiger partial charge on any atom is 0.0349 e. The van der Waals surface area contributed by atoms with Gasteiger partial charge < -0.3 is 0 Å². The van der Waals surface area contributed by atoms with Crippen molar-refractivity contribution in [3.05, 3.63) is 77.0 Å².